The van der Waals surface area contributed by atoms with E-state index in [0.717, 1.165) is 31.4 Å². The van der Waals surface area contributed by atoms with Crippen molar-refractivity contribution in [1.82, 2.24) is 4.90 Å². The van der Waals surface area contributed by atoms with Gasteiger partial charge >= 0.3 is 0 Å². The predicted molar refractivity (Wildman–Crippen MR) is 68.9 cm³/mol. The van der Waals surface area contributed by atoms with Crippen LogP contribution in [0.15, 0.2) is 18.2 Å². The summed E-state index contributed by atoms with van der Waals surface area (Å²) >= 11 is 0. The smallest absolute Gasteiger partial charge is 0.254 e. The average Bonchev–Trinajstić information content (AvgIpc) is 2.36. The van der Waals surface area contributed by atoms with Gasteiger partial charge in [-0.2, -0.15) is 0 Å². The fourth-order valence-corrected chi connectivity index (χ4v) is 2.54. The van der Waals surface area contributed by atoms with Crippen molar-refractivity contribution in [1.29, 1.82) is 0 Å². The second-order valence-corrected chi connectivity index (χ2v) is 4.90. The van der Waals surface area contributed by atoms with Crippen molar-refractivity contribution < 1.29 is 9.18 Å². The highest BCUT2D eigenvalue weighted by molar-refractivity contribution is 5.94. The fraction of sp³-hybridized carbons (Fsp3) is 0.500. The molecule has 18 heavy (non-hydrogen) atoms. The lowest BCUT2D eigenvalue weighted by atomic mass is 10.0. The van der Waals surface area contributed by atoms with Gasteiger partial charge in [-0.15, -0.1) is 0 Å². The molecular formula is C14H19FN2O. The van der Waals surface area contributed by atoms with Gasteiger partial charge in [-0.05, 0) is 49.9 Å². The molecule has 1 saturated heterocycles. The van der Waals surface area contributed by atoms with Gasteiger partial charge in [0.15, 0.2) is 0 Å². The van der Waals surface area contributed by atoms with E-state index in [2.05, 4.69) is 0 Å². The normalized spacial score (nSPS) is 19.9. The third kappa shape index (κ3) is 2.70. The summed E-state index contributed by atoms with van der Waals surface area (Å²) in [6, 6.07) is 4.55. The highest BCUT2D eigenvalue weighted by atomic mass is 19.1. The van der Waals surface area contributed by atoms with Gasteiger partial charge in [0.05, 0.1) is 0 Å². The van der Waals surface area contributed by atoms with Crippen molar-refractivity contribution in [2.45, 2.75) is 32.2 Å². The lowest BCUT2D eigenvalue weighted by Crippen LogP contribution is -2.47. The Morgan fingerprint density at radius 2 is 2.22 bits per heavy atom. The summed E-state index contributed by atoms with van der Waals surface area (Å²) in [6.45, 7) is 2.98. The molecule has 2 rings (SSSR count). The van der Waals surface area contributed by atoms with Gasteiger partial charge in [0.1, 0.15) is 5.82 Å². The number of hydrogen-bond donors (Lipinski definition) is 1. The molecule has 0 aromatic heterocycles. The van der Waals surface area contributed by atoms with E-state index in [0.29, 0.717) is 12.1 Å². The molecule has 0 radical (unpaired) electrons. The molecular weight excluding hydrogens is 231 g/mol. The van der Waals surface area contributed by atoms with Crippen LogP contribution in [0.4, 0.5) is 4.39 Å². The molecule has 2 N–H and O–H groups in total. The van der Waals surface area contributed by atoms with Gasteiger partial charge in [0, 0.05) is 24.7 Å². The molecule has 1 atom stereocenters. The Morgan fingerprint density at radius 1 is 1.44 bits per heavy atom. The number of hydrogen-bond acceptors (Lipinski definition) is 2. The van der Waals surface area contributed by atoms with Crippen molar-refractivity contribution in [2.24, 2.45) is 5.73 Å². The molecule has 1 fully saturated rings. The molecule has 1 aromatic carbocycles. The summed E-state index contributed by atoms with van der Waals surface area (Å²) in [5.74, 6) is -0.465. The van der Waals surface area contributed by atoms with Crippen LogP contribution in [0.2, 0.25) is 0 Å². The summed E-state index contributed by atoms with van der Waals surface area (Å²) in [4.78, 5) is 14.2. The highest BCUT2D eigenvalue weighted by Gasteiger charge is 2.26. The first-order valence-electron chi connectivity index (χ1n) is 6.40. The van der Waals surface area contributed by atoms with Gasteiger partial charge in [0.2, 0.25) is 0 Å². The number of nitrogens with two attached hydrogens (primary N) is 1. The molecule has 0 saturated carbocycles. The van der Waals surface area contributed by atoms with Gasteiger partial charge in [-0.3, -0.25) is 4.79 Å². The number of nitrogens with zero attached hydrogens (tertiary/aromatic N) is 1. The summed E-state index contributed by atoms with van der Waals surface area (Å²) in [7, 11) is 0. The second-order valence-electron chi connectivity index (χ2n) is 4.90. The third-order valence-electron chi connectivity index (χ3n) is 3.45. The van der Waals surface area contributed by atoms with E-state index < -0.39 is 0 Å². The fourth-order valence-electron chi connectivity index (χ4n) is 2.54. The van der Waals surface area contributed by atoms with E-state index in [1.165, 1.54) is 12.1 Å². The van der Waals surface area contributed by atoms with Gasteiger partial charge in [0.25, 0.3) is 5.91 Å². The minimum Gasteiger partial charge on any atom is -0.334 e. The SMILES string of the molecule is Cc1cc(F)cc(C(=O)N2CCCCC2CN)c1. The van der Waals surface area contributed by atoms with Gasteiger partial charge in [-0.25, -0.2) is 4.39 Å². The Hall–Kier alpha value is -1.42. The zero-order valence-corrected chi connectivity index (χ0v) is 10.7. The minimum atomic E-state index is -0.361. The first-order chi connectivity index (χ1) is 8.61. The number of aryl methyl sites for hydroxylation is 1. The zero-order chi connectivity index (χ0) is 13.1. The van der Waals surface area contributed by atoms with Crippen LogP contribution in [-0.4, -0.2) is 29.9 Å². The number of halogens is 1. The van der Waals surface area contributed by atoms with E-state index in [4.69, 9.17) is 5.73 Å². The maximum absolute atomic E-state index is 13.3. The summed E-state index contributed by atoms with van der Waals surface area (Å²) in [5, 5.41) is 0. The number of rotatable bonds is 2. The summed E-state index contributed by atoms with van der Waals surface area (Å²) in [6.07, 6.45) is 3.04. The van der Waals surface area contributed by atoms with Crippen molar-refractivity contribution >= 4 is 5.91 Å². The van der Waals surface area contributed by atoms with Crippen LogP contribution in [0.1, 0.15) is 35.2 Å². The van der Waals surface area contributed by atoms with Crippen molar-refractivity contribution in [2.75, 3.05) is 13.1 Å². The lowest BCUT2D eigenvalue weighted by Gasteiger charge is -2.35. The first-order valence-corrected chi connectivity index (χ1v) is 6.40. The summed E-state index contributed by atoms with van der Waals surface area (Å²) < 4.78 is 13.3. The molecule has 1 heterocycles. The topological polar surface area (TPSA) is 46.3 Å². The third-order valence-corrected chi connectivity index (χ3v) is 3.45. The number of benzene rings is 1. The van der Waals surface area contributed by atoms with Crippen molar-refractivity contribution in [3.8, 4) is 0 Å². The van der Waals surface area contributed by atoms with E-state index in [1.54, 1.807) is 17.9 Å². The number of carbonyl (C=O) groups is 1. The van der Waals surface area contributed by atoms with Crippen LogP contribution in [-0.2, 0) is 0 Å². The van der Waals surface area contributed by atoms with E-state index in [1.807, 2.05) is 0 Å². The molecule has 3 nitrogen and oxygen atoms in total. The Labute approximate surface area is 107 Å². The van der Waals surface area contributed by atoms with Gasteiger partial charge in [-0.1, -0.05) is 0 Å². The standard InChI is InChI=1S/C14H19FN2O/c1-10-6-11(8-12(15)7-10)14(18)17-5-3-2-4-13(17)9-16/h6-8,13H,2-5,9,16H2,1H3. The van der Waals surface area contributed by atoms with Crippen LogP contribution < -0.4 is 5.73 Å². The van der Waals surface area contributed by atoms with E-state index in [9.17, 15) is 9.18 Å². The Balaban J connectivity index is 2.23. The Bertz CT molecular complexity index is 427. The molecule has 0 spiro atoms. The predicted octanol–water partition coefficient (Wildman–Crippen LogP) is 2.09. The van der Waals surface area contributed by atoms with Crippen LogP contribution in [0, 0.1) is 12.7 Å². The molecule has 1 amide bonds. The van der Waals surface area contributed by atoms with Crippen molar-refractivity contribution in [3.05, 3.63) is 35.1 Å². The molecule has 1 aliphatic rings. The second kappa shape index (κ2) is 5.48. The van der Waals surface area contributed by atoms with Crippen LogP contribution in [0.3, 0.4) is 0 Å². The molecule has 1 aliphatic heterocycles. The number of carbonyl (C=O) groups excluding carboxylic acids is 1. The quantitative estimate of drug-likeness (QED) is 0.873. The first kappa shape index (κ1) is 13.0. The Morgan fingerprint density at radius 3 is 2.89 bits per heavy atom. The monoisotopic (exact) mass is 250 g/mol. The Kier molecular flexibility index (Phi) is 3.97. The van der Waals surface area contributed by atoms with E-state index >= 15 is 0 Å². The van der Waals surface area contributed by atoms with Crippen LogP contribution in [0.5, 0.6) is 0 Å². The van der Waals surface area contributed by atoms with E-state index in [-0.39, 0.29) is 17.8 Å². The zero-order valence-electron chi connectivity index (χ0n) is 10.7. The molecule has 0 bridgehead atoms. The van der Waals surface area contributed by atoms with Crippen molar-refractivity contribution in [3.63, 3.8) is 0 Å². The lowest BCUT2D eigenvalue weighted by molar-refractivity contribution is 0.0623. The largest absolute Gasteiger partial charge is 0.334 e. The van der Waals surface area contributed by atoms with Crippen LogP contribution in [0.25, 0.3) is 0 Å². The average molecular weight is 250 g/mol. The number of likely N-dealkylation sites (tertiary alicyclic amines) is 1. The maximum atomic E-state index is 13.3. The van der Waals surface area contributed by atoms with Gasteiger partial charge < -0.3 is 10.6 Å². The summed E-state index contributed by atoms with van der Waals surface area (Å²) in [5.41, 5.74) is 6.89. The minimum absolute atomic E-state index is 0.0924. The van der Waals surface area contributed by atoms with Crippen LogP contribution >= 0.6 is 0 Å². The molecule has 1 unspecified atom stereocenters. The number of piperidine rings is 1. The molecule has 98 valence electrons. The number of amides is 1. The molecule has 4 heteroatoms. The highest BCUT2D eigenvalue weighted by Crippen LogP contribution is 2.20. The maximum Gasteiger partial charge on any atom is 0.254 e. The molecule has 0 aliphatic carbocycles. The molecule has 1 aromatic rings.